The van der Waals surface area contributed by atoms with Crippen molar-refractivity contribution in [1.29, 1.82) is 0 Å². The lowest BCUT2D eigenvalue weighted by Gasteiger charge is -2.15. The lowest BCUT2D eigenvalue weighted by Crippen LogP contribution is -2.35. The highest BCUT2D eigenvalue weighted by Crippen LogP contribution is 2.29. The largest absolute Gasteiger partial charge is 0.348 e. The predicted octanol–water partition coefficient (Wildman–Crippen LogP) is 0.513. The molecule has 1 saturated heterocycles. The number of hydrogen-bond donors (Lipinski definition) is 1. The van der Waals surface area contributed by atoms with Crippen LogP contribution in [-0.4, -0.2) is 44.3 Å². The second kappa shape index (κ2) is 5.39. The zero-order chi connectivity index (χ0) is 15.9. The summed E-state index contributed by atoms with van der Waals surface area (Å²) in [5.74, 6) is -0.115. The third-order valence-corrected chi connectivity index (χ3v) is 5.95. The number of fused-ring (bicyclic) bond motifs is 1. The first-order valence-corrected chi connectivity index (χ1v) is 9.10. The Bertz CT molecular complexity index is 742. The lowest BCUT2D eigenvalue weighted by atomic mass is 10.1. The summed E-state index contributed by atoms with van der Waals surface area (Å²) in [6.45, 7) is 2.16. The maximum absolute atomic E-state index is 12.2. The molecular weight excluding hydrogens is 304 g/mol. The molecule has 0 aromatic heterocycles. The maximum atomic E-state index is 12.2. The van der Waals surface area contributed by atoms with Gasteiger partial charge in [-0.1, -0.05) is 0 Å². The summed E-state index contributed by atoms with van der Waals surface area (Å²) < 4.78 is 22.8. The Morgan fingerprint density at radius 1 is 1.32 bits per heavy atom. The zero-order valence-corrected chi connectivity index (χ0v) is 13.1. The number of anilines is 1. The number of carbonyl (C=O) groups is 2. The van der Waals surface area contributed by atoms with Crippen LogP contribution in [0.25, 0.3) is 0 Å². The van der Waals surface area contributed by atoms with E-state index < -0.39 is 9.84 Å². The number of hydrogen-bond acceptors (Lipinski definition) is 4. The normalized spacial score (nSPS) is 22.4. The van der Waals surface area contributed by atoms with Crippen molar-refractivity contribution in [2.45, 2.75) is 25.8 Å². The van der Waals surface area contributed by atoms with Crippen molar-refractivity contribution in [3.8, 4) is 0 Å². The van der Waals surface area contributed by atoms with Gasteiger partial charge in [0.1, 0.15) is 0 Å². The third-order valence-electron chi connectivity index (χ3n) is 4.18. The van der Waals surface area contributed by atoms with Gasteiger partial charge in [-0.05, 0) is 36.6 Å². The minimum absolute atomic E-state index is 0.00730. The van der Waals surface area contributed by atoms with Gasteiger partial charge in [-0.3, -0.25) is 9.59 Å². The van der Waals surface area contributed by atoms with Crippen molar-refractivity contribution in [2.75, 3.05) is 23.0 Å². The summed E-state index contributed by atoms with van der Waals surface area (Å²) in [5.41, 5.74) is 2.34. The van der Waals surface area contributed by atoms with Crippen molar-refractivity contribution >= 4 is 27.3 Å². The van der Waals surface area contributed by atoms with E-state index in [0.717, 1.165) is 17.7 Å². The molecule has 1 aromatic carbocycles. The average molecular weight is 322 g/mol. The van der Waals surface area contributed by atoms with E-state index in [1.54, 1.807) is 23.1 Å². The number of rotatable bonds is 2. The van der Waals surface area contributed by atoms with E-state index in [1.807, 2.05) is 0 Å². The van der Waals surface area contributed by atoms with E-state index in [9.17, 15) is 18.0 Å². The first-order chi connectivity index (χ1) is 10.4. The molecular formula is C15H18N2O4S. The SMILES string of the molecule is CC(=O)N1CCc2cc(C(=O)N[C@H]3CCS(=O)(=O)C3)ccc21. The molecule has 2 aliphatic heterocycles. The quantitative estimate of drug-likeness (QED) is 0.860. The van der Waals surface area contributed by atoms with Crippen LogP contribution in [0.1, 0.15) is 29.3 Å². The van der Waals surface area contributed by atoms with Crippen molar-refractivity contribution in [3.63, 3.8) is 0 Å². The second-order valence-electron chi connectivity index (χ2n) is 5.84. The van der Waals surface area contributed by atoms with Gasteiger partial charge in [-0.15, -0.1) is 0 Å². The van der Waals surface area contributed by atoms with Crippen LogP contribution in [0.15, 0.2) is 18.2 Å². The molecule has 1 N–H and O–H groups in total. The molecule has 7 heteroatoms. The Balaban J connectivity index is 1.74. The highest BCUT2D eigenvalue weighted by molar-refractivity contribution is 7.91. The van der Waals surface area contributed by atoms with Crippen LogP contribution in [0.4, 0.5) is 5.69 Å². The van der Waals surface area contributed by atoms with E-state index in [-0.39, 0.29) is 29.4 Å². The molecule has 0 aliphatic carbocycles. The topological polar surface area (TPSA) is 83.6 Å². The summed E-state index contributed by atoms with van der Waals surface area (Å²) in [6, 6.07) is 4.94. The highest BCUT2D eigenvalue weighted by atomic mass is 32.2. The molecule has 1 fully saturated rings. The fourth-order valence-corrected chi connectivity index (χ4v) is 4.72. The number of nitrogens with zero attached hydrogens (tertiary/aromatic N) is 1. The number of benzene rings is 1. The Labute approximate surface area is 129 Å². The molecule has 3 rings (SSSR count). The summed E-state index contributed by atoms with van der Waals surface area (Å²) >= 11 is 0. The third kappa shape index (κ3) is 2.85. The lowest BCUT2D eigenvalue weighted by molar-refractivity contribution is -0.116. The molecule has 0 bridgehead atoms. The van der Waals surface area contributed by atoms with Gasteiger partial charge in [-0.25, -0.2) is 8.42 Å². The fourth-order valence-electron chi connectivity index (χ4n) is 3.05. The van der Waals surface area contributed by atoms with Gasteiger partial charge < -0.3 is 10.2 Å². The van der Waals surface area contributed by atoms with Crippen LogP contribution in [0.2, 0.25) is 0 Å². The zero-order valence-electron chi connectivity index (χ0n) is 12.3. The van der Waals surface area contributed by atoms with E-state index in [0.29, 0.717) is 18.5 Å². The number of nitrogens with one attached hydrogen (secondary N) is 1. The van der Waals surface area contributed by atoms with Crippen molar-refractivity contribution in [2.24, 2.45) is 0 Å². The Hall–Kier alpha value is -1.89. The van der Waals surface area contributed by atoms with E-state index >= 15 is 0 Å². The van der Waals surface area contributed by atoms with Crippen LogP contribution in [0.5, 0.6) is 0 Å². The van der Waals surface area contributed by atoms with Crippen LogP contribution in [0.3, 0.4) is 0 Å². The monoisotopic (exact) mass is 322 g/mol. The summed E-state index contributed by atoms with van der Waals surface area (Å²) in [6.07, 6.45) is 1.20. The standard InChI is InChI=1S/C15H18N2O4S/c1-10(18)17-6-4-11-8-12(2-3-14(11)17)15(19)16-13-5-7-22(20,21)9-13/h2-3,8,13H,4-7,9H2,1H3,(H,16,19)/t13-/m0/s1. The van der Waals surface area contributed by atoms with Crippen LogP contribution < -0.4 is 10.2 Å². The van der Waals surface area contributed by atoms with Crippen molar-refractivity contribution in [3.05, 3.63) is 29.3 Å². The van der Waals surface area contributed by atoms with Crippen LogP contribution in [0, 0.1) is 0 Å². The van der Waals surface area contributed by atoms with E-state index in [1.165, 1.54) is 6.92 Å². The highest BCUT2D eigenvalue weighted by Gasteiger charge is 2.29. The summed E-state index contributed by atoms with van der Waals surface area (Å²) in [4.78, 5) is 25.4. The van der Waals surface area contributed by atoms with Gasteiger partial charge in [0, 0.05) is 30.8 Å². The van der Waals surface area contributed by atoms with Crippen LogP contribution >= 0.6 is 0 Å². The predicted molar refractivity (Wildman–Crippen MR) is 82.7 cm³/mol. The number of carbonyl (C=O) groups excluding carboxylic acids is 2. The van der Waals surface area contributed by atoms with Crippen LogP contribution in [-0.2, 0) is 21.1 Å². The minimum Gasteiger partial charge on any atom is -0.348 e. The molecule has 1 atom stereocenters. The summed E-state index contributed by atoms with van der Waals surface area (Å²) in [7, 11) is -3.01. The molecule has 6 nitrogen and oxygen atoms in total. The smallest absolute Gasteiger partial charge is 0.251 e. The van der Waals surface area contributed by atoms with E-state index in [4.69, 9.17) is 0 Å². The van der Waals surface area contributed by atoms with Gasteiger partial charge in [0.25, 0.3) is 5.91 Å². The molecule has 0 spiro atoms. The Morgan fingerprint density at radius 3 is 2.73 bits per heavy atom. The number of sulfone groups is 1. The molecule has 2 aliphatic rings. The number of amides is 2. The second-order valence-corrected chi connectivity index (χ2v) is 8.07. The summed E-state index contributed by atoms with van der Waals surface area (Å²) in [5, 5.41) is 2.78. The van der Waals surface area contributed by atoms with Gasteiger partial charge in [-0.2, -0.15) is 0 Å². The molecule has 1 aromatic rings. The van der Waals surface area contributed by atoms with Crippen molar-refractivity contribution in [1.82, 2.24) is 5.32 Å². The first kappa shape index (κ1) is 15.0. The maximum Gasteiger partial charge on any atom is 0.251 e. The molecule has 0 radical (unpaired) electrons. The van der Waals surface area contributed by atoms with Crippen molar-refractivity contribution < 1.29 is 18.0 Å². The average Bonchev–Trinajstić information content (AvgIpc) is 3.01. The van der Waals surface area contributed by atoms with E-state index in [2.05, 4.69) is 5.32 Å². The minimum atomic E-state index is -3.01. The molecule has 0 saturated carbocycles. The molecule has 2 heterocycles. The molecule has 0 unspecified atom stereocenters. The van der Waals surface area contributed by atoms with Gasteiger partial charge in [0.05, 0.1) is 11.5 Å². The Kier molecular flexibility index (Phi) is 3.68. The molecule has 2 amide bonds. The molecule has 118 valence electrons. The Morgan fingerprint density at radius 2 is 2.09 bits per heavy atom. The van der Waals surface area contributed by atoms with Gasteiger partial charge >= 0.3 is 0 Å². The first-order valence-electron chi connectivity index (χ1n) is 7.28. The fraction of sp³-hybridized carbons (Fsp3) is 0.467. The molecule has 22 heavy (non-hydrogen) atoms. The van der Waals surface area contributed by atoms with Gasteiger partial charge in [0.15, 0.2) is 9.84 Å². The van der Waals surface area contributed by atoms with Gasteiger partial charge in [0.2, 0.25) is 5.91 Å².